The summed E-state index contributed by atoms with van der Waals surface area (Å²) in [6, 6.07) is 36.7. The molecule has 1 saturated heterocycles. The number of rotatable bonds is 12. The molecule has 0 amide bonds. The fraction of sp³-hybridized carbons (Fsp3) is 0.242. The zero-order chi connectivity index (χ0) is 26.9. The van der Waals surface area contributed by atoms with Gasteiger partial charge >= 0.3 is 5.97 Å². The normalized spacial score (nSPS) is 20.6. The second kappa shape index (κ2) is 13.3. The van der Waals surface area contributed by atoms with E-state index < -0.39 is 30.4 Å². The standard InChI is InChI=1S/C33H32O6/c34-33(35)28-18-10-17-27(19-28)30-32(38-22-26-15-8-3-9-16-26)31(37-21-25-13-6-2-7-14-25)29(39-30)23-36-20-24-11-4-1-5-12-24/h1-19,29-32H,20-23H2,(H,34,35)/t29-,30+,31?,32?/m0/s1. The van der Waals surface area contributed by atoms with E-state index >= 15 is 0 Å². The fourth-order valence-electron chi connectivity index (χ4n) is 4.76. The number of aromatic carboxylic acids is 1. The van der Waals surface area contributed by atoms with E-state index in [4.69, 9.17) is 18.9 Å². The molecule has 0 bridgehead atoms. The first-order valence-corrected chi connectivity index (χ1v) is 13.1. The van der Waals surface area contributed by atoms with E-state index in [-0.39, 0.29) is 5.56 Å². The molecule has 1 N–H and O–H groups in total. The summed E-state index contributed by atoms with van der Waals surface area (Å²) in [4.78, 5) is 11.7. The third-order valence-electron chi connectivity index (χ3n) is 6.74. The number of hydrogen-bond donors (Lipinski definition) is 1. The second-order valence-corrected chi connectivity index (χ2v) is 9.55. The molecule has 2 unspecified atom stereocenters. The van der Waals surface area contributed by atoms with Gasteiger partial charge in [0, 0.05) is 0 Å². The Morgan fingerprint density at radius 1 is 0.667 bits per heavy atom. The highest BCUT2D eigenvalue weighted by molar-refractivity contribution is 5.87. The first kappa shape index (κ1) is 26.8. The predicted octanol–water partition coefficient (Wildman–Crippen LogP) is 6.21. The molecular formula is C33H32O6. The summed E-state index contributed by atoms with van der Waals surface area (Å²) < 4.78 is 25.6. The van der Waals surface area contributed by atoms with E-state index in [2.05, 4.69) is 0 Å². The average Bonchev–Trinajstić information content (AvgIpc) is 3.33. The van der Waals surface area contributed by atoms with Gasteiger partial charge in [-0.3, -0.25) is 0 Å². The van der Waals surface area contributed by atoms with Gasteiger partial charge in [-0.1, -0.05) is 103 Å². The van der Waals surface area contributed by atoms with Crippen LogP contribution >= 0.6 is 0 Å². The molecule has 4 aromatic rings. The van der Waals surface area contributed by atoms with Gasteiger partial charge < -0.3 is 24.1 Å². The van der Waals surface area contributed by atoms with Crippen LogP contribution in [0.3, 0.4) is 0 Å². The third kappa shape index (κ3) is 7.19. The van der Waals surface area contributed by atoms with Crippen LogP contribution in [0.25, 0.3) is 0 Å². The molecule has 4 atom stereocenters. The highest BCUT2D eigenvalue weighted by Crippen LogP contribution is 2.39. The Kier molecular flexibility index (Phi) is 9.14. The van der Waals surface area contributed by atoms with Crippen LogP contribution in [0.5, 0.6) is 0 Å². The lowest BCUT2D eigenvalue weighted by molar-refractivity contribution is -0.0898. The van der Waals surface area contributed by atoms with Gasteiger partial charge in [0.2, 0.25) is 0 Å². The molecule has 1 aliphatic rings. The maximum atomic E-state index is 11.7. The molecular weight excluding hydrogens is 492 g/mol. The van der Waals surface area contributed by atoms with Crippen molar-refractivity contribution in [3.63, 3.8) is 0 Å². The van der Waals surface area contributed by atoms with E-state index in [9.17, 15) is 9.90 Å². The van der Waals surface area contributed by atoms with Crippen molar-refractivity contribution in [3.8, 4) is 0 Å². The van der Waals surface area contributed by atoms with Gasteiger partial charge in [-0.15, -0.1) is 0 Å². The van der Waals surface area contributed by atoms with Crippen molar-refractivity contribution < 1.29 is 28.8 Å². The Hall–Kier alpha value is -3.81. The first-order valence-electron chi connectivity index (χ1n) is 13.1. The van der Waals surface area contributed by atoms with E-state index in [0.29, 0.717) is 26.4 Å². The summed E-state index contributed by atoms with van der Waals surface area (Å²) in [5.74, 6) is -0.990. The Bertz CT molecular complexity index is 1310. The predicted molar refractivity (Wildman–Crippen MR) is 147 cm³/mol. The Labute approximate surface area is 228 Å². The highest BCUT2D eigenvalue weighted by atomic mass is 16.6. The van der Waals surface area contributed by atoms with Crippen molar-refractivity contribution in [3.05, 3.63) is 143 Å². The van der Waals surface area contributed by atoms with Crippen LogP contribution in [0.15, 0.2) is 115 Å². The molecule has 0 radical (unpaired) electrons. The smallest absolute Gasteiger partial charge is 0.335 e. The Morgan fingerprint density at radius 3 is 1.77 bits per heavy atom. The van der Waals surface area contributed by atoms with E-state index in [1.165, 1.54) is 0 Å². The molecule has 0 saturated carbocycles. The molecule has 0 spiro atoms. The van der Waals surface area contributed by atoms with Crippen LogP contribution in [-0.4, -0.2) is 36.0 Å². The Morgan fingerprint density at radius 2 is 1.21 bits per heavy atom. The molecule has 6 nitrogen and oxygen atoms in total. The lowest BCUT2D eigenvalue weighted by atomic mass is 9.99. The maximum absolute atomic E-state index is 11.7. The minimum atomic E-state index is -0.990. The molecule has 39 heavy (non-hydrogen) atoms. The van der Waals surface area contributed by atoms with Gasteiger partial charge in [0.25, 0.3) is 0 Å². The minimum Gasteiger partial charge on any atom is -0.478 e. The monoisotopic (exact) mass is 524 g/mol. The number of ether oxygens (including phenoxy) is 4. The zero-order valence-corrected chi connectivity index (χ0v) is 21.6. The van der Waals surface area contributed by atoms with Crippen molar-refractivity contribution >= 4 is 5.97 Å². The molecule has 4 aromatic carbocycles. The average molecular weight is 525 g/mol. The van der Waals surface area contributed by atoms with Crippen molar-refractivity contribution in [2.24, 2.45) is 0 Å². The lowest BCUT2D eigenvalue weighted by Gasteiger charge is -2.25. The number of carbonyl (C=O) groups is 1. The molecule has 0 aromatic heterocycles. The Balaban J connectivity index is 1.40. The molecule has 200 valence electrons. The summed E-state index contributed by atoms with van der Waals surface area (Å²) in [5, 5.41) is 9.59. The zero-order valence-electron chi connectivity index (χ0n) is 21.6. The summed E-state index contributed by atoms with van der Waals surface area (Å²) in [6.07, 6.45) is -1.87. The van der Waals surface area contributed by atoms with Crippen LogP contribution in [0.4, 0.5) is 0 Å². The number of carboxylic acids is 1. The first-order chi connectivity index (χ1) is 19.2. The van der Waals surface area contributed by atoms with Crippen LogP contribution in [-0.2, 0) is 38.8 Å². The topological polar surface area (TPSA) is 74.2 Å². The van der Waals surface area contributed by atoms with E-state index in [1.807, 2.05) is 97.1 Å². The number of hydrogen-bond acceptors (Lipinski definition) is 5. The summed E-state index contributed by atoms with van der Waals surface area (Å²) in [6.45, 7) is 1.50. The van der Waals surface area contributed by atoms with Crippen molar-refractivity contribution in [1.82, 2.24) is 0 Å². The van der Waals surface area contributed by atoms with Gasteiger partial charge in [-0.25, -0.2) is 4.79 Å². The third-order valence-corrected chi connectivity index (χ3v) is 6.74. The van der Waals surface area contributed by atoms with Gasteiger partial charge in [0.05, 0.1) is 32.0 Å². The summed E-state index contributed by atoms with van der Waals surface area (Å²) in [7, 11) is 0. The van der Waals surface area contributed by atoms with Crippen LogP contribution in [0, 0.1) is 0 Å². The molecule has 1 aliphatic heterocycles. The fourth-order valence-corrected chi connectivity index (χ4v) is 4.76. The van der Waals surface area contributed by atoms with Crippen molar-refractivity contribution in [2.75, 3.05) is 6.61 Å². The lowest BCUT2D eigenvalue weighted by Crippen LogP contribution is -2.37. The van der Waals surface area contributed by atoms with Gasteiger partial charge in [-0.2, -0.15) is 0 Å². The molecule has 1 heterocycles. The van der Waals surface area contributed by atoms with Crippen LogP contribution in [0.1, 0.15) is 38.7 Å². The van der Waals surface area contributed by atoms with E-state index in [1.54, 1.807) is 18.2 Å². The molecule has 6 heteroatoms. The number of carboxylic acid groups (broad SMARTS) is 1. The quantitative estimate of drug-likeness (QED) is 0.237. The second-order valence-electron chi connectivity index (χ2n) is 9.55. The minimum absolute atomic E-state index is 0.198. The largest absolute Gasteiger partial charge is 0.478 e. The SMILES string of the molecule is O=C(O)c1cccc([C@H]2O[C@@H](COCc3ccccc3)C(OCc3ccccc3)C2OCc2ccccc2)c1. The maximum Gasteiger partial charge on any atom is 0.335 e. The van der Waals surface area contributed by atoms with Gasteiger partial charge in [0.1, 0.15) is 24.4 Å². The molecule has 5 rings (SSSR count). The van der Waals surface area contributed by atoms with Crippen molar-refractivity contribution in [1.29, 1.82) is 0 Å². The van der Waals surface area contributed by atoms with Crippen LogP contribution < -0.4 is 0 Å². The molecule has 0 aliphatic carbocycles. The highest BCUT2D eigenvalue weighted by Gasteiger charge is 2.47. The van der Waals surface area contributed by atoms with E-state index in [0.717, 1.165) is 22.3 Å². The van der Waals surface area contributed by atoms with Crippen LogP contribution in [0.2, 0.25) is 0 Å². The summed E-state index contributed by atoms with van der Waals surface area (Å²) >= 11 is 0. The number of benzene rings is 4. The summed E-state index contributed by atoms with van der Waals surface area (Å²) in [5.41, 5.74) is 4.07. The van der Waals surface area contributed by atoms with Gasteiger partial charge in [-0.05, 0) is 34.4 Å². The van der Waals surface area contributed by atoms with Crippen molar-refractivity contribution in [2.45, 2.75) is 44.2 Å². The molecule has 1 fully saturated rings. The van der Waals surface area contributed by atoms with Gasteiger partial charge in [0.15, 0.2) is 0 Å².